The summed E-state index contributed by atoms with van der Waals surface area (Å²) in [5, 5.41) is 1.38. The fourth-order valence-corrected chi connectivity index (χ4v) is 5.51. The molecule has 4 aromatic rings. The van der Waals surface area contributed by atoms with Crippen LogP contribution in [0, 0.1) is 13.8 Å². The van der Waals surface area contributed by atoms with E-state index in [9.17, 15) is 0 Å². The van der Waals surface area contributed by atoms with E-state index in [-0.39, 0.29) is 0 Å². The summed E-state index contributed by atoms with van der Waals surface area (Å²) >= 11 is 1.81. The Labute approximate surface area is 162 Å². The van der Waals surface area contributed by atoms with Gasteiger partial charge in [0.05, 0.1) is 15.5 Å². The Morgan fingerprint density at radius 2 is 1.81 bits per heavy atom. The molecule has 1 N–H and O–H groups in total. The maximum Gasteiger partial charge on any atom is 0.142 e. The predicted octanol–water partition coefficient (Wildman–Crippen LogP) is 6.81. The zero-order valence-electron chi connectivity index (χ0n) is 15.3. The van der Waals surface area contributed by atoms with Gasteiger partial charge in [-0.05, 0) is 73.7 Å². The van der Waals surface area contributed by atoms with Crippen LogP contribution in [0.1, 0.15) is 22.3 Å². The third-order valence-electron chi connectivity index (χ3n) is 5.73. The molecule has 0 radical (unpaired) electrons. The molecule has 0 saturated carbocycles. The van der Waals surface area contributed by atoms with E-state index in [0.717, 1.165) is 24.3 Å². The highest BCUT2D eigenvalue weighted by atomic mass is 32.2. The van der Waals surface area contributed by atoms with Gasteiger partial charge in [0, 0.05) is 16.5 Å². The Bertz CT molecular complexity index is 1250. The first-order valence-electron chi connectivity index (χ1n) is 9.41. The zero-order valence-corrected chi connectivity index (χ0v) is 16.2. The van der Waals surface area contributed by atoms with Crippen LogP contribution in [0.4, 0.5) is 0 Å². The SMILES string of the molecule is Cc1cc(C)c2[nH]c3c(c2c1)CCc1cc2c(cc1-3)Oc1ccccc1S2. The first kappa shape index (κ1) is 15.4. The number of aryl methyl sites for hydroxylation is 4. The molecule has 1 aliphatic heterocycles. The molecule has 3 heteroatoms. The van der Waals surface area contributed by atoms with Crippen molar-refractivity contribution in [3.8, 4) is 22.8 Å². The summed E-state index contributed by atoms with van der Waals surface area (Å²) in [7, 11) is 0. The number of hydrogen-bond donors (Lipinski definition) is 1. The van der Waals surface area contributed by atoms with Gasteiger partial charge in [-0.1, -0.05) is 35.5 Å². The second-order valence-electron chi connectivity index (χ2n) is 7.59. The summed E-state index contributed by atoms with van der Waals surface area (Å²) in [6, 6.07) is 17.4. The second-order valence-corrected chi connectivity index (χ2v) is 8.67. The molecule has 0 spiro atoms. The van der Waals surface area contributed by atoms with Gasteiger partial charge in [-0.15, -0.1) is 0 Å². The number of rotatable bonds is 0. The lowest BCUT2D eigenvalue weighted by Gasteiger charge is -2.24. The van der Waals surface area contributed by atoms with Crippen molar-refractivity contribution in [2.45, 2.75) is 36.5 Å². The summed E-state index contributed by atoms with van der Waals surface area (Å²) in [5.41, 5.74) is 9.36. The lowest BCUT2D eigenvalue weighted by Crippen LogP contribution is -2.05. The van der Waals surface area contributed by atoms with Gasteiger partial charge in [0.15, 0.2) is 0 Å². The van der Waals surface area contributed by atoms with Crippen LogP contribution in [0.3, 0.4) is 0 Å². The van der Waals surface area contributed by atoms with Crippen LogP contribution in [0.5, 0.6) is 11.5 Å². The van der Waals surface area contributed by atoms with Gasteiger partial charge in [0.25, 0.3) is 0 Å². The van der Waals surface area contributed by atoms with Gasteiger partial charge in [-0.2, -0.15) is 0 Å². The molecule has 6 rings (SSSR count). The first-order chi connectivity index (χ1) is 13.2. The molecule has 2 aliphatic rings. The summed E-state index contributed by atoms with van der Waals surface area (Å²) in [4.78, 5) is 6.15. The molecule has 0 unspecified atom stereocenters. The van der Waals surface area contributed by atoms with Crippen LogP contribution in [0.15, 0.2) is 58.3 Å². The lowest BCUT2D eigenvalue weighted by atomic mass is 9.88. The van der Waals surface area contributed by atoms with Crippen LogP contribution in [0.2, 0.25) is 0 Å². The van der Waals surface area contributed by atoms with Crippen molar-refractivity contribution in [1.82, 2.24) is 4.98 Å². The van der Waals surface area contributed by atoms with Gasteiger partial charge < -0.3 is 9.72 Å². The van der Waals surface area contributed by atoms with Gasteiger partial charge in [-0.25, -0.2) is 0 Å². The smallest absolute Gasteiger partial charge is 0.142 e. The molecular formula is C24H19NOS. The van der Waals surface area contributed by atoms with E-state index in [1.807, 2.05) is 23.9 Å². The number of aromatic amines is 1. The van der Waals surface area contributed by atoms with Crippen molar-refractivity contribution < 1.29 is 4.74 Å². The van der Waals surface area contributed by atoms with E-state index in [2.05, 4.69) is 55.2 Å². The van der Waals surface area contributed by atoms with E-state index in [1.54, 1.807) is 0 Å². The number of H-pyrrole nitrogens is 1. The van der Waals surface area contributed by atoms with Crippen molar-refractivity contribution in [2.24, 2.45) is 0 Å². The van der Waals surface area contributed by atoms with Gasteiger partial charge in [0.1, 0.15) is 11.5 Å². The number of para-hydroxylation sites is 1. The van der Waals surface area contributed by atoms with E-state index in [4.69, 9.17) is 4.74 Å². The van der Waals surface area contributed by atoms with E-state index in [0.29, 0.717) is 0 Å². The Morgan fingerprint density at radius 1 is 0.926 bits per heavy atom. The fourth-order valence-electron chi connectivity index (χ4n) is 4.51. The average molecular weight is 369 g/mol. The minimum absolute atomic E-state index is 0.953. The molecule has 3 aromatic carbocycles. The van der Waals surface area contributed by atoms with Crippen molar-refractivity contribution >= 4 is 22.7 Å². The van der Waals surface area contributed by atoms with E-state index in [1.165, 1.54) is 54.2 Å². The lowest BCUT2D eigenvalue weighted by molar-refractivity contribution is 0.454. The minimum Gasteiger partial charge on any atom is -0.455 e. The standard InChI is InChI=1S/C24H19NOS/c1-13-9-14(2)23-18(10-13)16-8-7-15-11-22-20(12-17(15)24(16)25-23)26-19-5-3-4-6-21(19)27-22/h3-6,9-12,25H,7-8H2,1-2H3. The number of nitrogens with one attached hydrogen (secondary N) is 1. The molecule has 0 fully saturated rings. The molecule has 132 valence electrons. The van der Waals surface area contributed by atoms with Gasteiger partial charge in [-0.3, -0.25) is 0 Å². The Morgan fingerprint density at radius 3 is 2.74 bits per heavy atom. The molecule has 2 heterocycles. The molecular weight excluding hydrogens is 350 g/mol. The Kier molecular flexibility index (Phi) is 3.10. The molecule has 0 bridgehead atoms. The highest BCUT2D eigenvalue weighted by Crippen LogP contribution is 2.50. The number of hydrogen-bond acceptors (Lipinski definition) is 2. The maximum atomic E-state index is 6.24. The average Bonchev–Trinajstić information content (AvgIpc) is 3.04. The predicted molar refractivity (Wildman–Crippen MR) is 111 cm³/mol. The first-order valence-corrected chi connectivity index (χ1v) is 10.2. The van der Waals surface area contributed by atoms with Crippen LogP contribution in [-0.2, 0) is 12.8 Å². The molecule has 0 atom stereocenters. The van der Waals surface area contributed by atoms with Crippen molar-refractivity contribution in [1.29, 1.82) is 0 Å². The summed E-state index contributed by atoms with van der Waals surface area (Å²) in [5.74, 6) is 1.92. The largest absolute Gasteiger partial charge is 0.455 e. The monoisotopic (exact) mass is 369 g/mol. The highest BCUT2D eigenvalue weighted by molar-refractivity contribution is 7.99. The van der Waals surface area contributed by atoms with E-state index >= 15 is 0 Å². The minimum atomic E-state index is 0.953. The number of ether oxygens (including phenoxy) is 1. The maximum absolute atomic E-state index is 6.24. The van der Waals surface area contributed by atoms with Crippen LogP contribution < -0.4 is 4.74 Å². The molecule has 1 aliphatic carbocycles. The van der Waals surface area contributed by atoms with E-state index < -0.39 is 0 Å². The Hall–Kier alpha value is -2.65. The third kappa shape index (κ3) is 2.21. The quantitative estimate of drug-likeness (QED) is 0.324. The summed E-state index contributed by atoms with van der Waals surface area (Å²) in [6.07, 6.45) is 2.17. The normalized spacial score (nSPS) is 14.1. The molecule has 1 aromatic heterocycles. The topological polar surface area (TPSA) is 25.0 Å². The molecule has 0 saturated heterocycles. The fraction of sp³-hybridized carbons (Fsp3) is 0.167. The van der Waals surface area contributed by atoms with Crippen molar-refractivity contribution in [3.05, 3.63) is 70.8 Å². The highest BCUT2D eigenvalue weighted by Gasteiger charge is 2.26. The third-order valence-corrected chi connectivity index (χ3v) is 6.83. The number of fused-ring (bicyclic) bond motifs is 7. The molecule has 0 amide bonds. The van der Waals surface area contributed by atoms with Crippen molar-refractivity contribution in [2.75, 3.05) is 0 Å². The number of benzene rings is 3. The van der Waals surface area contributed by atoms with Crippen LogP contribution in [-0.4, -0.2) is 4.98 Å². The van der Waals surface area contributed by atoms with Gasteiger partial charge >= 0.3 is 0 Å². The molecule has 2 nitrogen and oxygen atoms in total. The van der Waals surface area contributed by atoms with Crippen LogP contribution in [0.25, 0.3) is 22.2 Å². The molecule has 27 heavy (non-hydrogen) atoms. The number of aromatic nitrogens is 1. The van der Waals surface area contributed by atoms with Crippen molar-refractivity contribution in [3.63, 3.8) is 0 Å². The van der Waals surface area contributed by atoms with Gasteiger partial charge in [0.2, 0.25) is 0 Å². The summed E-state index contributed by atoms with van der Waals surface area (Å²) in [6.45, 7) is 4.38. The summed E-state index contributed by atoms with van der Waals surface area (Å²) < 4.78 is 6.24. The zero-order chi connectivity index (χ0) is 18.1. The Balaban J connectivity index is 1.56. The second kappa shape index (κ2) is 5.43. The van der Waals surface area contributed by atoms with Crippen LogP contribution >= 0.6 is 11.8 Å².